The zero-order valence-electron chi connectivity index (χ0n) is 23.0. The number of benzene rings is 3. The molecule has 0 saturated carbocycles. The molecule has 1 aliphatic heterocycles. The van der Waals surface area contributed by atoms with Crippen LogP contribution in [0.4, 0.5) is 5.69 Å². The number of ketones is 1. The highest BCUT2D eigenvalue weighted by Gasteiger charge is 2.45. The van der Waals surface area contributed by atoms with Gasteiger partial charge in [0.25, 0.3) is 0 Å². The van der Waals surface area contributed by atoms with Crippen LogP contribution in [-0.4, -0.2) is 5.78 Å². The molecular weight excluding hydrogens is 586 g/mol. The number of hydrogen-bond acceptors (Lipinski definition) is 5. The van der Waals surface area contributed by atoms with Gasteiger partial charge in [-0.1, -0.05) is 55.3 Å². The maximum absolute atomic E-state index is 13.9. The lowest BCUT2D eigenvalue weighted by molar-refractivity contribution is -0.118. The van der Waals surface area contributed by atoms with Gasteiger partial charge >= 0.3 is 0 Å². The third-order valence-corrected chi connectivity index (χ3v) is 8.60. The molecule has 2 aliphatic rings. The molecule has 1 aliphatic carbocycles. The normalized spacial score (nSPS) is 18.5. The topological polar surface area (TPSA) is 79.3 Å². The van der Waals surface area contributed by atoms with Crippen LogP contribution >= 0.6 is 27.5 Å². The summed E-state index contributed by atoms with van der Waals surface area (Å²) >= 11 is 9.73. The molecule has 2 N–H and O–H groups in total. The monoisotopic (exact) mass is 615 g/mol. The second-order valence-corrected chi connectivity index (χ2v) is 12.6. The summed E-state index contributed by atoms with van der Waals surface area (Å²) in [6, 6.07) is 21.6. The smallest absolute Gasteiger partial charge is 0.162 e. The molecule has 1 unspecified atom stereocenters. The molecule has 1 heterocycles. The number of aryl methyl sites for hydroxylation is 1. The van der Waals surface area contributed by atoms with Crippen LogP contribution in [0.25, 0.3) is 0 Å². The number of anilines is 1. The molecule has 1 atom stereocenters. The number of allylic oxidation sites excluding steroid dienone is 3. The van der Waals surface area contributed by atoms with E-state index in [0.717, 1.165) is 43.9 Å². The number of halogens is 2. The van der Waals surface area contributed by atoms with Gasteiger partial charge in [0.2, 0.25) is 0 Å². The maximum Gasteiger partial charge on any atom is 0.162 e. The number of nitrogens with zero attached hydrogens (tertiary/aromatic N) is 2. The zero-order chi connectivity index (χ0) is 28.8. The number of carbonyl (C=O) groups excluding carboxylic acids is 1. The first-order chi connectivity index (χ1) is 19.0. The molecule has 0 aromatic heterocycles. The lowest BCUT2D eigenvalue weighted by Crippen LogP contribution is -2.42. The average Bonchev–Trinajstić information content (AvgIpc) is 2.89. The van der Waals surface area contributed by atoms with E-state index in [1.165, 1.54) is 0 Å². The Morgan fingerprint density at radius 1 is 1.12 bits per heavy atom. The highest BCUT2D eigenvalue weighted by atomic mass is 79.9. The van der Waals surface area contributed by atoms with Crippen molar-refractivity contribution < 1.29 is 9.53 Å². The van der Waals surface area contributed by atoms with E-state index in [1.54, 1.807) is 12.1 Å². The van der Waals surface area contributed by atoms with Crippen molar-refractivity contribution in [3.63, 3.8) is 0 Å². The third kappa shape index (κ3) is 5.16. The third-order valence-electron chi connectivity index (χ3n) is 7.70. The van der Waals surface area contributed by atoms with Gasteiger partial charge < -0.3 is 10.5 Å². The molecule has 0 radical (unpaired) electrons. The van der Waals surface area contributed by atoms with Gasteiger partial charge in [0, 0.05) is 28.4 Å². The Bertz CT molecular complexity index is 1620. The number of para-hydroxylation sites is 1. The predicted molar refractivity (Wildman–Crippen MR) is 163 cm³/mol. The van der Waals surface area contributed by atoms with E-state index in [9.17, 15) is 10.1 Å². The Labute approximate surface area is 249 Å². The van der Waals surface area contributed by atoms with Crippen LogP contribution in [0.15, 0.2) is 87.8 Å². The van der Waals surface area contributed by atoms with Gasteiger partial charge in [-0.2, -0.15) is 5.26 Å². The van der Waals surface area contributed by atoms with Gasteiger partial charge in [0.1, 0.15) is 18.2 Å². The number of carbonyl (C=O) groups is 1. The summed E-state index contributed by atoms with van der Waals surface area (Å²) in [5.74, 6) is 0.570. The van der Waals surface area contributed by atoms with Gasteiger partial charge in [-0.3, -0.25) is 9.69 Å². The Hall–Kier alpha value is -3.53. The standard InChI is InChI=1S/C33H31BrClN3O2/c1-19-13-21(18-40-29-8-6-5-7-26(29)34)20(2)24(14-19)30-25(17-36)32(37)38(23-11-9-22(35)10-12-23)27-15-33(3,4)16-28(39)31(27)30/h5-14,30H,15-16,18,37H2,1-4H3. The number of ether oxygens (including phenoxy) is 1. The number of nitrogens with two attached hydrogens (primary N) is 1. The van der Waals surface area contributed by atoms with Gasteiger partial charge in [0.05, 0.1) is 22.0 Å². The minimum Gasteiger partial charge on any atom is -0.488 e. The van der Waals surface area contributed by atoms with Crippen molar-refractivity contribution in [1.82, 2.24) is 0 Å². The highest BCUT2D eigenvalue weighted by molar-refractivity contribution is 9.10. The molecule has 0 amide bonds. The summed E-state index contributed by atoms with van der Waals surface area (Å²) in [4.78, 5) is 15.8. The van der Waals surface area contributed by atoms with Crippen molar-refractivity contribution in [2.24, 2.45) is 11.1 Å². The summed E-state index contributed by atoms with van der Waals surface area (Å²) in [6.07, 6.45) is 1.05. The first kappa shape index (κ1) is 28.0. The lowest BCUT2D eigenvalue weighted by Gasteiger charge is -2.44. The lowest BCUT2D eigenvalue weighted by atomic mass is 9.68. The summed E-state index contributed by atoms with van der Waals surface area (Å²) in [5.41, 5.74) is 13.1. The van der Waals surface area contributed by atoms with Crippen LogP contribution in [-0.2, 0) is 11.4 Å². The summed E-state index contributed by atoms with van der Waals surface area (Å²) in [5, 5.41) is 11.1. The Morgan fingerprint density at radius 3 is 2.50 bits per heavy atom. The number of nitriles is 1. The van der Waals surface area contributed by atoms with E-state index in [-0.39, 0.29) is 11.2 Å². The van der Waals surface area contributed by atoms with Crippen LogP contribution in [0.2, 0.25) is 5.02 Å². The molecule has 3 aromatic carbocycles. The van der Waals surface area contributed by atoms with Crippen LogP contribution in [0.3, 0.4) is 0 Å². The second-order valence-electron chi connectivity index (χ2n) is 11.3. The van der Waals surface area contributed by atoms with Crippen molar-refractivity contribution in [2.75, 3.05) is 4.90 Å². The fraction of sp³-hybridized carbons (Fsp3) is 0.273. The van der Waals surface area contributed by atoms with E-state index < -0.39 is 5.92 Å². The molecular formula is C33H31BrClN3O2. The first-order valence-corrected chi connectivity index (χ1v) is 14.4. The highest BCUT2D eigenvalue weighted by Crippen LogP contribution is 2.51. The van der Waals surface area contributed by atoms with Crippen LogP contribution in [0, 0.1) is 30.6 Å². The van der Waals surface area contributed by atoms with E-state index in [2.05, 4.69) is 48.0 Å². The number of hydrogen-bond donors (Lipinski definition) is 1. The average molecular weight is 617 g/mol. The van der Waals surface area contributed by atoms with Crippen LogP contribution in [0.1, 0.15) is 54.9 Å². The van der Waals surface area contributed by atoms with Crippen molar-refractivity contribution in [2.45, 2.75) is 53.1 Å². The van der Waals surface area contributed by atoms with Gasteiger partial charge in [0.15, 0.2) is 5.78 Å². The van der Waals surface area contributed by atoms with Crippen LogP contribution < -0.4 is 15.4 Å². The van der Waals surface area contributed by atoms with Crippen molar-refractivity contribution in [3.05, 3.63) is 115 Å². The summed E-state index contributed by atoms with van der Waals surface area (Å²) in [7, 11) is 0. The van der Waals surface area contributed by atoms with E-state index >= 15 is 0 Å². The molecule has 40 heavy (non-hydrogen) atoms. The van der Waals surface area contributed by atoms with Crippen molar-refractivity contribution >= 4 is 39.0 Å². The molecule has 0 bridgehead atoms. The molecule has 204 valence electrons. The molecule has 0 fully saturated rings. The minimum atomic E-state index is -0.561. The quantitative estimate of drug-likeness (QED) is 0.312. The van der Waals surface area contributed by atoms with Gasteiger partial charge in [-0.25, -0.2) is 0 Å². The second kappa shape index (κ2) is 10.8. The summed E-state index contributed by atoms with van der Waals surface area (Å²) in [6.45, 7) is 8.59. The summed E-state index contributed by atoms with van der Waals surface area (Å²) < 4.78 is 7.05. The Balaban J connectivity index is 1.67. The van der Waals surface area contributed by atoms with E-state index in [4.69, 9.17) is 22.1 Å². The molecule has 7 heteroatoms. The maximum atomic E-state index is 13.9. The van der Waals surface area contributed by atoms with E-state index in [1.807, 2.05) is 55.1 Å². The SMILES string of the molecule is Cc1cc(COc2ccccc2Br)c(C)c(C2C(C#N)=C(N)N(c3ccc(Cl)cc3)C3=C2C(=O)CC(C)(C)C3)c1. The predicted octanol–water partition coefficient (Wildman–Crippen LogP) is 8.24. The van der Waals surface area contributed by atoms with Crippen molar-refractivity contribution in [1.29, 1.82) is 5.26 Å². The van der Waals surface area contributed by atoms with Crippen molar-refractivity contribution in [3.8, 4) is 11.8 Å². The molecule has 0 spiro atoms. The number of Topliss-reactive ketones (excluding diaryl/α,β-unsaturated/α-hetero) is 1. The van der Waals surface area contributed by atoms with Gasteiger partial charge in [-0.05, 0) is 94.7 Å². The fourth-order valence-electron chi connectivity index (χ4n) is 5.84. The molecule has 5 nitrogen and oxygen atoms in total. The fourth-order valence-corrected chi connectivity index (χ4v) is 6.36. The number of rotatable bonds is 5. The van der Waals surface area contributed by atoms with E-state index in [0.29, 0.717) is 41.4 Å². The Kier molecular flexibility index (Phi) is 7.56. The molecule has 0 saturated heterocycles. The minimum absolute atomic E-state index is 0.0439. The zero-order valence-corrected chi connectivity index (χ0v) is 25.4. The Morgan fingerprint density at radius 2 is 1.82 bits per heavy atom. The molecule has 3 aromatic rings. The van der Waals surface area contributed by atoms with Gasteiger partial charge in [-0.15, -0.1) is 0 Å². The first-order valence-electron chi connectivity index (χ1n) is 13.2. The largest absolute Gasteiger partial charge is 0.488 e. The van der Waals surface area contributed by atoms with Crippen LogP contribution in [0.5, 0.6) is 5.75 Å². The molecule has 5 rings (SSSR count).